The predicted molar refractivity (Wildman–Crippen MR) is 43.5 cm³/mol. The molecule has 0 spiro atoms. The van der Waals surface area contributed by atoms with Crippen LogP contribution in [0.3, 0.4) is 0 Å². The maximum absolute atomic E-state index is 10.5. The molecule has 0 bridgehead atoms. The number of aldehydes is 1. The summed E-state index contributed by atoms with van der Waals surface area (Å²) in [5.74, 6) is 0. The van der Waals surface area contributed by atoms with Gasteiger partial charge in [-0.25, -0.2) is 0 Å². The van der Waals surface area contributed by atoms with Gasteiger partial charge in [-0.2, -0.15) is 0 Å². The van der Waals surface area contributed by atoms with Gasteiger partial charge in [0.25, 0.3) is 0 Å². The van der Waals surface area contributed by atoms with E-state index in [4.69, 9.17) is 0 Å². The summed E-state index contributed by atoms with van der Waals surface area (Å²) >= 11 is 0. The molecule has 0 aromatic carbocycles. The molecule has 0 radical (unpaired) electrons. The Morgan fingerprint density at radius 1 is 1.40 bits per heavy atom. The Kier molecular flexibility index (Phi) is 3.91. The van der Waals surface area contributed by atoms with Crippen LogP contribution in [0.25, 0.3) is 0 Å². The lowest BCUT2D eigenvalue weighted by Crippen LogP contribution is -2.35. The summed E-state index contributed by atoms with van der Waals surface area (Å²) in [6, 6.07) is 0. The number of hydrogen-bond acceptors (Lipinski definition) is 2. The molecule has 1 saturated heterocycles. The summed E-state index contributed by atoms with van der Waals surface area (Å²) in [6.07, 6.45) is 3.08. The fourth-order valence-corrected chi connectivity index (χ4v) is 1.12. The molecule has 1 N–H and O–H groups in total. The quantitative estimate of drug-likeness (QED) is 0.585. The minimum atomic E-state index is -0.0226. The molecule has 10 heavy (non-hydrogen) atoms. The molecule has 0 amide bonds. The number of halogens is 1. The van der Waals surface area contributed by atoms with Crippen molar-refractivity contribution in [2.45, 2.75) is 19.8 Å². The normalized spacial score (nSPS) is 22.9. The Labute approximate surface area is 67.8 Å². The van der Waals surface area contributed by atoms with Crippen LogP contribution in [-0.4, -0.2) is 19.4 Å². The van der Waals surface area contributed by atoms with Crippen LogP contribution in [0.15, 0.2) is 0 Å². The van der Waals surface area contributed by atoms with E-state index >= 15 is 0 Å². The Morgan fingerprint density at radius 2 is 1.90 bits per heavy atom. The van der Waals surface area contributed by atoms with E-state index in [-0.39, 0.29) is 17.8 Å². The van der Waals surface area contributed by atoms with Gasteiger partial charge in [0.15, 0.2) is 0 Å². The standard InChI is InChI=1S/C7H13NO.ClH/c1-7(6-9)2-4-8-5-3-7;/h6,8H,2-5H2,1H3;1H. The van der Waals surface area contributed by atoms with E-state index in [9.17, 15) is 4.79 Å². The van der Waals surface area contributed by atoms with Crippen molar-refractivity contribution in [3.63, 3.8) is 0 Å². The molecule has 2 nitrogen and oxygen atoms in total. The van der Waals surface area contributed by atoms with Gasteiger partial charge in [0.05, 0.1) is 0 Å². The van der Waals surface area contributed by atoms with Crippen molar-refractivity contribution in [1.82, 2.24) is 5.32 Å². The summed E-state index contributed by atoms with van der Waals surface area (Å²) in [5.41, 5.74) is -0.0226. The van der Waals surface area contributed by atoms with Crippen LogP contribution in [0, 0.1) is 5.41 Å². The van der Waals surface area contributed by atoms with Crippen molar-refractivity contribution in [3.05, 3.63) is 0 Å². The molecular weight excluding hydrogens is 150 g/mol. The third kappa shape index (κ3) is 2.27. The van der Waals surface area contributed by atoms with Crippen molar-refractivity contribution in [2.75, 3.05) is 13.1 Å². The Bertz CT molecular complexity index is 110. The highest BCUT2D eigenvalue weighted by molar-refractivity contribution is 5.85. The average molecular weight is 164 g/mol. The largest absolute Gasteiger partial charge is 0.317 e. The van der Waals surface area contributed by atoms with Gasteiger partial charge in [0.1, 0.15) is 6.29 Å². The molecule has 0 aromatic heterocycles. The minimum Gasteiger partial charge on any atom is -0.317 e. The van der Waals surface area contributed by atoms with Crippen LogP contribution in [0.5, 0.6) is 0 Å². The van der Waals surface area contributed by atoms with E-state index in [0.717, 1.165) is 32.2 Å². The van der Waals surface area contributed by atoms with Gasteiger partial charge in [-0.05, 0) is 25.9 Å². The van der Waals surface area contributed by atoms with Gasteiger partial charge in [-0.1, -0.05) is 6.92 Å². The first-order chi connectivity index (χ1) is 4.27. The van der Waals surface area contributed by atoms with Crippen molar-refractivity contribution in [2.24, 2.45) is 5.41 Å². The molecule has 0 aromatic rings. The van der Waals surface area contributed by atoms with E-state index in [2.05, 4.69) is 5.32 Å². The van der Waals surface area contributed by atoms with E-state index in [1.165, 1.54) is 0 Å². The van der Waals surface area contributed by atoms with E-state index in [1.54, 1.807) is 0 Å². The minimum absolute atomic E-state index is 0. The monoisotopic (exact) mass is 163 g/mol. The summed E-state index contributed by atoms with van der Waals surface area (Å²) in [4.78, 5) is 10.5. The molecule has 1 aliphatic rings. The third-order valence-electron chi connectivity index (χ3n) is 2.03. The fraction of sp³-hybridized carbons (Fsp3) is 0.857. The third-order valence-corrected chi connectivity index (χ3v) is 2.03. The zero-order valence-electron chi connectivity index (χ0n) is 6.22. The molecule has 0 aliphatic carbocycles. The average Bonchev–Trinajstić information content (AvgIpc) is 1.90. The van der Waals surface area contributed by atoms with Crippen LogP contribution < -0.4 is 5.32 Å². The molecule has 1 heterocycles. The second kappa shape index (κ2) is 3.94. The lowest BCUT2D eigenvalue weighted by atomic mass is 9.83. The second-order valence-electron chi connectivity index (χ2n) is 3.02. The van der Waals surface area contributed by atoms with Crippen LogP contribution in [0.2, 0.25) is 0 Å². The van der Waals surface area contributed by atoms with Gasteiger partial charge in [-0.15, -0.1) is 12.4 Å². The molecule has 0 unspecified atom stereocenters. The molecule has 1 aliphatic heterocycles. The molecule has 1 rings (SSSR count). The molecule has 0 saturated carbocycles. The Balaban J connectivity index is 0.000000810. The van der Waals surface area contributed by atoms with E-state index < -0.39 is 0 Å². The summed E-state index contributed by atoms with van der Waals surface area (Å²) in [5, 5.41) is 3.22. The lowest BCUT2D eigenvalue weighted by Gasteiger charge is -2.27. The zero-order valence-corrected chi connectivity index (χ0v) is 7.04. The number of carbonyl (C=O) groups is 1. The van der Waals surface area contributed by atoms with Gasteiger partial charge in [-0.3, -0.25) is 0 Å². The summed E-state index contributed by atoms with van der Waals surface area (Å²) in [7, 11) is 0. The number of hydrogen-bond donors (Lipinski definition) is 1. The highest BCUT2D eigenvalue weighted by Crippen LogP contribution is 2.24. The number of carbonyl (C=O) groups excluding carboxylic acids is 1. The first-order valence-electron chi connectivity index (χ1n) is 3.44. The summed E-state index contributed by atoms with van der Waals surface area (Å²) < 4.78 is 0. The van der Waals surface area contributed by atoms with Crippen LogP contribution in [0.4, 0.5) is 0 Å². The van der Waals surface area contributed by atoms with Crippen molar-refractivity contribution >= 4 is 18.7 Å². The molecule has 3 heteroatoms. The zero-order chi connectivity index (χ0) is 6.74. The number of rotatable bonds is 1. The first kappa shape index (κ1) is 9.92. The smallest absolute Gasteiger partial charge is 0.125 e. The molecule has 60 valence electrons. The lowest BCUT2D eigenvalue weighted by molar-refractivity contribution is -0.116. The molecule has 0 atom stereocenters. The number of piperidine rings is 1. The maximum atomic E-state index is 10.5. The van der Waals surface area contributed by atoms with E-state index in [0.29, 0.717) is 0 Å². The van der Waals surface area contributed by atoms with Gasteiger partial charge in [0, 0.05) is 5.41 Å². The van der Waals surface area contributed by atoms with E-state index in [1.807, 2.05) is 6.92 Å². The van der Waals surface area contributed by atoms with Gasteiger partial charge in [0.2, 0.25) is 0 Å². The van der Waals surface area contributed by atoms with Crippen molar-refractivity contribution < 1.29 is 4.79 Å². The first-order valence-corrected chi connectivity index (χ1v) is 3.44. The summed E-state index contributed by atoms with van der Waals surface area (Å²) in [6.45, 7) is 4.02. The Morgan fingerprint density at radius 3 is 2.20 bits per heavy atom. The van der Waals surface area contributed by atoms with Crippen molar-refractivity contribution in [3.8, 4) is 0 Å². The van der Waals surface area contributed by atoms with Gasteiger partial charge >= 0.3 is 0 Å². The van der Waals surface area contributed by atoms with Crippen LogP contribution in [-0.2, 0) is 4.79 Å². The topological polar surface area (TPSA) is 29.1 Å². The molecular formula is C7H14ClNO. The second-order valence-corrected chi connectivity index (χ2v) is 3.02. The maximum Gasteiger partial charge on any atom is 0.125 e. The molecule has 1 fully saturated rings. The Hall–Kier alpha value is -0.0800. The highest BCUT2D eigenvalue weighted by Gasteiger charge is 2.25. The highest BCUT2D eigenvalue weighted by atomic mass is 35.5. The fourth-order valence-electron chi connectivity index (χ4n) is 1.12. The number of nitrogens with one attached hydrogen (secondary N) is 1. The van der Waals surface area contributed by atoms with Crippen LogP contribution >= 0.6 is 12.4 Å². The predicted octanol–water partition coefficient (Wildman–Crippen LogP) is 0.997. The van der Waals surface area contributed by atoms with Gasteiger partial charge < -0.3 is 10.1 Å². The van der Waals surface area contributed by atoms with Crippen LogP contribution in [0.1, 0.15) is 19.8 Å². The van der Waals surface area contributed by atoms with Crippen molar-refractivity contribution in [1.29, 1.82) is 0 Å². The SMILES string of the molecule is CC1(C=O)CCNCC1.Cl.